The van der Waals surface area contributed by atoms with E-state index >= 15 is 0 Å². The summed E-state index contributed by atoms with van der Waals surface area (Å²) in [6, 6.07) is 25.1. The highest BCUT2D eigenvalue weighted by molar-refractivity contribution is 6.12. The number of nitrogens with one attached hydrogen (secondary N) is 1. The smallest absolute Gasteiger partial charge is 0.195 e. The molecule has 0 unspecified atom stereocenters. The predicted octanol–water partition coefficient (Wildman–Crippen LogP) is 4.97. The van der Waals surface area contributed by atoms with Crippen molar-refractivity contribution in [1.82, 2.24) is 0 Å². The van der Waals surface area contributed by atoms with E-state index in [2.05, 4.69) is 12.2 Å². The molecule has 0 aliphatic carbocycles. The molecular weight excluding hydrogens is 270 g/mol. The lowest BCUT2D eigenvalue weighted by molar-refractivity contribution is 0.103. The van der Waals surface area contributed by atoms with Crippen molar-refractivity contribution in [2.45, 2.75) is 6.92 Å². The number of hydrogen-bond donors (Lipinski definition) is 1. The van der Waals surface area contributed by atoms with Crippen LogP contribution in [0.2, 0.25) is 0 Å². The van der Waals surface area contributed by atoms with Crippen molar-refractivity contribution in [3.05, 3.63) is 95.6 Å². The maximum Gasteiger partial charge on any atom is 0.195 e. The fourth-order valence-electron chi connectivity index (χ4n) is 2.33. The molecule has 108 valence electrons. The summed E-state index contributed by atoms with van der Waals surface area (Å²) in [5.41, 5.74) is 4.37. The van der Waals surface area contributed by atoms with Crippen LogP contribution in [-0.4, -0.2) is 5.78 Å². The van der Waals surface area contributed by atoms with Gasteiger partial charge in [0.1, 0.15) is 0 Å². The highest BCUT2D eigenvalue weighted by Crippen LogP contribution is 2.23. The molecule has 0 aromatic heterocycles. The average molecular weight is 287 g/mol. The summed E-state index contributed by atoms with van der Waals surface area (Å²) in [7, 11) is 0. The molecule has 0 saturated carbocycles. The van der Waals surface area contributed by atoms with Gasteiger partial charge in [0, 0.05) is 22.5 Å². The van der Waals surface area contributed by atoms with Crippen LogP contribution in [-0.2, 0) is 0 Å². The van der Waals surface area contributed by atoms with E-state index in [1.165, 1.54) is 5.56 Å². The highest BCUT2D eigenvalue weighted by Gasteiger charge is 2.12. The number of hydrogen-bond acceptors (Lipinski definition) is 2. The van der Waals surface area contributed by atoms with Gasteiger partial charge in [-0.1, -0.05) is 60.2 Å². The standard InChI is InChI=1S/C20H17NO/c1-15-11-13-17(14-12-15)21-19-10-6-5-9-18(19)20(22)16-7-3-2-4-8-16/h2-14,21H,1H3. The molecule has 1 N–H and O–H groups in total. The highest BCUT2D eigenvalue weighted by atomic mass is 16.1. The summed E-state index contributed by atoms with van der Waals surface area (Å²) in [6.07, 6.45) is 0. The minimum atomic E-state index is 0.0239. The summed E-state index contributed by atoms with van der Waals surface area (Å²) in [5.74, 6) is 0.0239. The lowest BCUT2D eigenvalue weighted by Crippen LogP contribution is -2.05. The molecule has 2 heteroatoms. The molecule has 0 fully saturated rings. The molecule has 0 spiro atoms. The molecule has 0 heterocycles. The van der Waals surface area contributed by atoms with Gasteiger partial charge in [0.25, 0.3) is 0 Å². The van der Waals surface area contributed by atoms with Crippen molar-refractivity contribution in [1.29, 1.82) is 0 Å². The first-order valence-electron chi connectivity index (χ1n) is 7.26. The summed E-state index contributed by atoms with van der Waals surface area (Å²) in [4.78, 5) is 12.7. The zero-order valence-corrected chi connectivity index (χ0v) is 12.4. The molecule has 0 bridgehead atoms. The van der Waals surface area contributed by atoms with Gasteiger partial charge in [-0.05, 0) is 31.2 Å². The molecule has 3 aromatic carbocycles. The van der Waals surface area contributed by atoms with Crippen LogP contribution in [0.1, 0.15) is 21.5 Å². The molecule has 2 nitrogen and oxygen atoms in total. The quantitative estimate of drug-likeness (QED) is 0.686. The minimum absolute atomic E-state index is 0.0239. The van der Waals surface area contributed by atoms with E-state index in [-0.39, 0.29) is 5.78 Å². The third-order valence-electron chi connectivity index (χ3n) is 3.54. The number of rotatable bonds is 4. The zero-order valence-electron chi connectivity index (χ0n) is 12.4. The Balaban J connectivity index is 1.93. The first-order chi connectivity index (χ1) is 10.7. The fourth-order valence-corrected chi connectivity index (χ4v) is 2.33. The second-order valence-corrected chi connectivity index (χ2v) is 5.23. The Morgan fingerprint density at radius 1 is 0.773 bits per heavy atom. The van der Waals surface area contributed by atoms with Crippen LogP contribution in [0.25, 0.3) is 0 Å². The zero-order chi connectivity index (χ0) is 15.4. The van der Waals surface area contributed by atoms with Crippen LogP contribution in [0.3, 0.4) is 0 Å². The van der Waals surface area contributed by atoms with Gasteiger partial charge in [-0.15, -0.1) is 0 Å². The molecule has 0 atom stereocenters. The lowest BCUT2D eigenvalue weighted by atomic mass is 10.0. The minimum Gasteiger partial charge on any atom is -0.355 e. The van der Waals surface area contributed by atoms with E-state index in [4.69, 9.17) is 0 Å². The van der Waals surface area contributed by atoms with Gasteiger partial charge in [-0.2, -0.15) is 0 Å². The van der Waals surface area contributed by atoms with Crippen molar-refractivity contribution in [3.63, 3.8) is 0 Å². The summed E-state index contributed by atoms with van der Waals surface area (Å²) < 4.78 is 0. The Hall–Kier alpha value is -2.87. The number of carbonyl (C=O) groups is 1. The first kappa shape index (κ1) is 14.1. The van der Waals surface area contributed by atoms with E-state index in [1.807, 2.05) is 78.9 Å². The van der Waals surface area contributed by atoms with Crippen molar-refractivity contribution in [3.8, 4) is 0 Å². The lowest BCUT2D eigenvalue weighted by Gasteiger charge is -2.11. The van der Waals surface area contributed by atoms with Crippen LogP contribution in [0.4, 0.5) is 11.4 Å². The second-order valence-electron chi connectivity index (χ2n) is 5.23. The number of benzene rings is 3. The van der Waals surface area contributed by atoms with Crippen LogP contribution in [0.15, 0.2) is 78.9 Å². The third-order valence-corrected chi connectivity index (χ3v) is 3.54. The molecule has 0 aliphatic rings. The van der Waals surface area contributed by atoms with Crippen LogP contribution in [0, 0.1) is 6.92 Å². The Morgan fingerprint density at radius 3 is 2.14 bits per heavy atom. The van der Waals surface area contributed by atoms with E-state index in [0.29, 0.717) is 11.1 Å². The third kappa shape index (κ3) is 3.07. The number of para-hydroxylation sites is 1. The van der Waals surface area contributed by atoms with Gasteiger partial charge in [0.15, 0.2) is 5.78 Å². The Kier molecular flexibility index (Phi) is 4.01. The van der Waals surface area contributed by atoms with Crippen molar-refractivity contribution in [2.75, 3.05) is 5.32 Å². The van der Waals surface area contributed by atoms with Gasteiger partial charge < -0.3 is 5.32 Å². The monoisotopic (exact) mass is 287 g/mol. The molecular formula is C20H17NO. The fraction of sp³-hybridized carbons (Fsp3) is 0.0500. The summed E-state index contributed by atoms with van der Waals surface area (Å²) in [6.45, 7) is 2.05. The Morgan fingerprint density at radius 2 is 1.41 bits per heavy atom. The molecule has 22 heavy (non-hydrogen) atoms. The maximum absolute atomic E-state index is 12.7. The molecule has 0 radical (unpaired) electrons. The molecule has 0 saturated heterocycles. The van der Waals surface area contributed by atoms with Gasteiger partial charge >= 0.3 is 0 Å². The first-order valence-corrected chi connectivity index (χ1v) is 7.26. The van der Waals surface area contributed by atoms with Gasteiger partial charge in [0.2, 0.25) is 0 Å². The molecule has 0 amide bonds. The number of carbonyl (C=O) groups excluding carboxylic acids is 1. The Labute approximate surface area is 130 Å². The van der Waals surface area contributed by atoms with Crippen molar-refractivity contribution < 1.29 is 4.79 Å². The predicted molar refractivity (Wildman–Crippen MR) is 90.8 cm³/mol. The molecule has 3 rings (SSSR count). The van der Waals surface area contributed by atoms with Gasteiger partial charge in [-0.3, -0.25) is 4.79 Å². The topological polar surface area (TPSA) is 29.1 Å². The van der Waals surface area contributed by atoms with Gasteiger partial charge in [0.05, 0.1) is 0 Å². The Bertz CT molecular complexity index is 776. The van der Waals surface area contributed by atoms with Crippen LogP contribution < -0.4 is 5.32 Å². The van der Waals surface area contributed by atoms with Gasteiger partial charge in [-0.25, -0.2) is 0 Å². The molecule has 3 aromatic rings. The van der Waals surface area contributed by atoms with Crippen LogP contribution >= 0.6 is 0 Å². The average Bonchev–Trinajstić information content (AvgIpc) is 2.58. The molecule has 0 aliphatic heterocycles. The largest absolute Gasteiger partial charge is 0.355 e. The number of ketones is 1. The second kappa shape index (κ2) is 6.27. The van der Waals surface area contributed by atoms with E-state index < -0.39 is 0 Å². The van der Waals surface area contributed by atoms with Crippen molar-refractivity contribution in [2.24, 2.45) is 0 Å². The van der Waals surface area contributed by atoms with Crippen LogP contribution in [0.5, 0.6) is 0 Å². The maximum atomic E-state index is 12.7. The SMILES string of the molecule is Cc1ccc(Nc2ccccc2C(=O)c2ccccc2)cc1. The van der Waals surface area contributed by atoms with E-state index in [1.54, 1.807) is 0 Å². The van der Waals surface area contributed by atoms with E-state index in [9.17, 15) is 4.79 Å². The summed E-state index contributed by atoms with van der Waals surface area (Å²) >= 11 is 0. The van der Waals surface area contributed by atoms with E-state index in [0.717, 1.165) is 11.4 Å². The summed E-state index contributed by atoms with van der Waals surface area (Å²) in [5, 5.41) is 3.33. The normalized spacial score (nSPS) is 10.2. The number of aryl methyl sites for hydroxylation is 1. The van der Waals surface area contributed by atoms with Crippen molar-refractivity contribution >= 4 is 17.2 Å². The number of anilines is 2.